The van der Waals surface area contributed by atoms with Crippen molar-refractivity contribution in [1.29, 1.82) is 0 Å². The molecule has 0 radical (unpaired) electrons. The second-order valence-electron chi connectivity index (χ2n) is 4.59. The van der Waals surface area contributed by atoms with Crippen LogP contribution in [0.2, 0.25) is 0 Å². The molecule has 0 saturated carbocycles. The predicted molar refractivity (Wildman–Crippen MR) is 65.9 cm³/mol. The van der Waals surface area contributed by atoms with Crippen LogP contribution in [-0.4, -0.2) is 44.1 Å². The average molecular weight is 283 g/mol. The number of aliphatic hydroxyl groups is 2. The molecule has 1 fully saturated rings. The summed E-state index contributed by atoms with van der Waals surface area (Å²) in [5.74, 6) is 0. The maximum absolute atomic E-state index is 11.8. The van der Waals surface area contributed by atoms with Crippen LogP contribution in [0.4, 0.5) is 0 Å². The van der Waals surface area contributed by atoms with Crippen molar-refractivity contribution in [3.8, 4) is 0 Å². The van der Waals surface area contributed by atoms with Gasteiger partial charge in [0.2, 0.25) is 0 Å². The average Bonchev–Trinajstić information content (AvgIpc) is 2.63. The first-order chi connectivity index (χ1) is 9.43. The molecule has 1 aromatic rings. The summed E-state index contributed by atoms with van der Waals surface area (Å²) in [7, 11) is 0. The van der Waals surface area contributed by atoms with Gasteiger partial charge < -0.3 is 14.9 Å². The molecule has 4 atom stereocenters. The van der Waals surface area contributed by atoms with E-state index in [1.165, 1.54) is 13.1 Å². The van der Waals surface area contributed by atoms with Gasteiger partial charge in [-0.3, -0.25) is 14.3 Å². The van der Waals surface area contributed by atoms with E-state index in [-0.39, 0.29) is 0 Å². The van der Waals surface area contributed by atoms with Crippen LogP contribution < -0.4 is 11.2 Å². The quantitative estimate of drug-likeness (QED) is 0.363. The highest BCUT2D eigenvalue weighted by molar-refractivity contribution is 5.06. The third kappa shape index (κ3) is 2.10. The van der Waals surface area contributed by atoms with Gasteiger partial charge in [-0.15, -0.1) is 0 Å². The molecule has 10 nitrogen and oxygen atoms in total. The summed E-state index contributed by atoms with van der Waals surface area (Å²) in [6.07, 6.45) is -2.28. The molecule has 3 N–H and O–H groups in total. The molecular formula is C10H13N5O5. The summed E-state index contributed by atoms with van der Waals surface area (Å²) in [5, 5.41) is 22.7. The number of nitrogens with zero attached hydrogens (tertiary/aromatic N) is 4. The van der Waals surface area contributed by atoms with E-state index in [0.717, 1.165) is 10.6 Å². The van der Waals surface area contributed by atoms with E-state index in [9.17, 15) is 14.7 Å². The molecule has 0 bridgehead atoms. The van der Waals surface area contributed by atoms with Crippen molar-refractivity contribution in [2.45, 2.75) is 30.9 Å². The maximum atomic E-state index is 11.8. The zero-order valence-electron chi connectivity index (χ0n) is 10.5. The number of aliphatic hydroxyl groups excluding tert-OH is 2. The summed E-state index contributed by atoms with van der Waals surface area (Å²) in [6, 6.07) is 1.10. The fourth-order valence-electron chi connectivity index (χ4n) is 2.21. The van der Waals surface area contributed by atoms with Crippen LogP contribution in [0, 0.1) is 0 Å². The molecule has 0 spiro atoms. The smallest absolute Gasteiger partial charge is 0.330 e. The Labute approximate surface area is 111 Å². The summed E-state index contributed by atoms with van der Waals surface area (Å²) in [4.78, 5) is 27.5. The number of rotatable bonds is 3. The third-order valence-corrected chi connectivity index (χ3v) is 3.30. The lowest BCUT2D eigenvalue weighted by Crippen LogP contribution is -2.45. The number of H-pyrrole nitrogens is 1. The van der Waals surface area contributed by atoms with Crippen molar-refractivity contribution in [2.75, 3.05) is 6.61 Å². The Bertz CT molecular complexity index is 662. The molecule has 2 rings (SSSR count). The minimum Gasteiger partial charge on any atom is -0.394 e. The van der Waals surface area contributed by atoms with Gasteiger partial charge in [-0.1, -0.05) is 5.11 Å². The van der Waals surface area contributed by atoms with Crippen molar-refractivity contribution in [2.24, 2.45) is 5.11 Å². The number of ether oxygens (including phenoxy) is 1. The lowest BCUT2D eigenvalue weighted by atomic mass is 9.93. The zero-order chi connectivity index (χ0) is 14.9. The van der Waals surface area contributed by atoms with E-state index in [2.05, 4.69) is 10.0 Å². The van der Waals surface area contributed by atoms with Gasteiger partial charge in [0.25, 0.3) is 5.56 Å². The number of hydrogen-bond donors (Lipinski definition) is 3. The van der Waals surface area contributed by atoms with Crippen LogP contribution in [0.1, 0.15) is 13.2 Å². The summed E-state index contributed by atoms with van der Waals surface area (Å²) in [5.41, 5.74) is 5.78. The van der Waals surface area contributed by atoms with E-state index in [1.807, 2.05) is 4.98 Å². The number of azide groups is 1. The molecule has 10 heteroatoms. The second-order valence-corrected chi connectivity index (χ2v) is 4.59. The molecule has 0 amide bonds. The summed E-state index contributed by atoms with van der Waals surface area (Å²) < 4.78 is 6.37. The Morgan fingerprint density at radius 3 is 2.90 bits per heavy atom. The Kier molecular flexibility index (Phi) is 3.64. The van der Waals surface area contributed by atoms with Gasteiger partial charge in [-0.2, -0.15) is 0 Å². The highest BCUT2D eigenvalue weighted by Gasteiger charge is 2.53. The van der Waals surface area contributed by atoms with Gasteiger partial charge in [0.15, 0.2) is 6.23 Å². The first kappa shape index (κ1) is 14.3. The maximum Gasteiger partial charge on any atom is 0.330 e. The second kappa shape index (κ2) is 5.10. The van der Waals surface area contributed by atoms with Crippen LogP contribution in [0.5, 0.6) is 0 Å². The van der Waals surface area contributed by atoms with Crippen molar-refractivity contribution in [3.63, 3.8) is 0 Å². The molecule has 108 valence electrons. The van der Waals surface area contributed by atoms with Gasteiger partial charge >= 0.3 is 5.69 Å². The Hall–Kier alpha value is -2.13. The number of aromatic amines is 1. The minimum absolute atomic E-state index is 0.508. The molecule has 1 aliphatic heterocycles. The van der Waals surface area contributed by atoms with Crippen molar-refractivity contribution >= 4 is 0 Å². The van der Waals surface area contributed by atoms with Crippen molar-refractivity contribution < 1.29 is 14.9 Å². The summed E-state index contributed by atoms with van der Waals surface area (Å²) in [6.45, 7) is 0.890. The van der Waals surface area contributed by atoms with Crippen molar-refractivity contribution in [1.82, 2.24) is 9.55 Å². The van der Waals surface area contributed by atoms with E-state index >= 15 is 0 Å². The lowest BCUT2D eigenvalue weighted by Gasteiger charge is -2.27. The fraction of sp³-hybridized carbons (Fsp3) is 0.600. The van der Waals surface area contributed by atoms with E-state index < -0.39 is 41.8 Å². The minimum atomic E-state index is -1.50. The molecule has 2 heterocycles. The van der Waals surface area contributed by atoms with E-state index in [4.69, 9.17) is 15.4 Å². The zero-order valence-corrected chi connectivity index (χ0v) is 10.5. The molecule has 1 aromatic heterocycles. The standard InChI is InChI=1S/C10H13N5O5/c1-10(13-14-11)7(18)5(4-16)20-8(10)15-3-2-6(17)12-9(15)19/h2-3,5,7-8,16,18H,4H2,1H3,(H,12,17,19)/t5-,7-,8-,10?/m1/s1. The van der Waals surface area contributed by atoms with Gasteiger partial charge in [0.05, 0.1) is 12.7 Å². The van der Waals surface area contributed by atoms with Crippen LogP contribution in [0.25, 0.3) is 10.4 Å². The summed E-state index contributed by atoms with van der Waals surface area (Å²) >= 11 is 0. The van der Waals surface area contributed by atoms with Crippen LogP contribution in [-0.2, 0) is 4.74 Å². The number of hydrogen-bond acceptors (Lipinski definition) is 6. The normalized spacial score (nSPS) is 32.9. The Morgan fingerprint density at radius 1 is 1.65 bits per heavy atom. The van der Waals surface area contributed by atoms with Gasteiger partial charge in [-0.05, 0) is 12.5 Å². The Morgan fingerprint density at radius 2 is 2.35 bits per heavy atom. The number of nitrogens with one attached hydrogen (secondary N) is 1. The van der Waals surface area contributed by atoms with E-state index in [0.29, 0.717) is 0 Å². The van der Waals surface area contributed by atoms with Gasteiger partial charge in [0.1, 0.15) is 11.6 Å². The topological polar surface area (TPSA) is 153 Å². The highest BCUT2D eigenvalue weighted by atomic mass is 16.5. The number of aromatic nitrogens is 2. The third-order valence-electron chi connectivity index (χ3n) is 3.30. The largest absolute Gasteiger partial charge is 0.394 e. The van der Waals surface area contributed by atoms with Crippen LogP contribution >= 0.6 is 0 Å². The first-order valence-corrected chi connectivity index (χ1v) is 5.76. The van der Waals surface area contributed by atoms with Crippen LogP contribution in [0.3, 0.4) is 0 Å². The highest BCUT2D eigenvalue weighted by Crippen LogP contribution is 2.40. The van der Waals surface area contributed by atoms with Crippen LogP contribution in [0.15, 0.2) is 27.0 Å². The van der Waals surface area contributed by atoms with Crippen molar-refractivity contribution in [3.05, 3.63) is 43.5 Å². The molecule has 0 aromatic carbocycles. The van der Waals surface area contributed by atoms with Gasteiger partial charge in [0, 0.05) is 17.2 Å². The lowest BCUT2D eigenvalue weighted by molar-refractivity contribution is -0.0487. The molecule has 20 heavy (non-hydrogen) atoms. The Balaban J connectivity index is 2.56. The predicted octanol–water partition coefficient (Wildman–Crippen LogP) is -1.14. The fourth-order valence-corrected chi connectivity index (χ4v) is 2.21. The van der Waals surface area contributed by atoms with E-state index in [1.54, 1.807) is 0 Å². The molecule has 0 aliphatic carbocycles. The molecular weight excluding hydrogens is 270 g/mol. The first-order valence-electron chi connectivity index (χ1n) is 5.76. The SMILES string of the molecule is CC1(N=[N+]=[N-])[C@H](O)[C@@H](CO)O[C@H]1n1ccc(=O)[nH]c1=O. The molecule has 1 unspecified atom stereocenters. The monoisotopic (exact) mass is 283 g/mol. The molecule has 1 saturated heterocycles. The van der Waals surface area contributed by atoms with Gasteiger partial charge in [-0.25, -0.2) is 4.79 Å². The molecule has 1 aliphatic rings.